The lowest BCUT2D eigenvalue weighted by atomic mass is 10.0. The molecule has 7 nitrogen and oxygen atoms in total. The SMILES string of the molecule is COc1ccc(Br)c(CNC(C(=O)O)C(C)C)c1OCC(=O)Nc1ccc(C)cc1. The number of amides is 1. The zero-order chi connectivity index (χ0) is 22.3. The average molecular weight is 479 g/mol. The summed E-state index contributed by atoms with van der Waals surface area (Å²) < 4.78 is 11.9. The number of benzene rings is 2. The second kappa shape index (κ2) is 11.0. The lowest BCUT2D eigenvalue weighted by Crippen LogP contribution is -2.40. The smallest absolute Gasteiger partial charge is 0.320 e. The second-order valence-corrected chi connectivity index (χ2v) is 8.06. The summed E-state index contributed by atoms with van der Waals surface area (Å²) in [6.45, 7) is 5.64. The third kappa shape index (κ3) is 6.47. The minimum atomic E-state index is -0.927. The van der Waals surface area contributed by atoms with Crippen LogP contribution in [0.1, 0.15) is 25.0 Å². The Morgan fingerprint density at radius 1 is 1.13 bits per heavy atom. The number of rotatable bonds is 10. The molecule has 1 unspecified atom stereocenters. The van der Waals surface area contributed by atoms with Crippen LogP contribution in [0.2, 0.25) is 0 Å². The van der Waals surface area contributed by atoms with Crippen molar-refractivity contribution < 1.29 is 24.2 Å². The first-order chi connectivity index (χ1) is 14.2. The van der Waals surface area contributed by atoms with Gasteiger partial charge in [-0.15, -0.1) is 0 Å². The summed E-state index contributed by atoms with van der Waals surface area (Å²) in [6.07, 6.45) is 0. The monoisotopic (exact) mass is 478 g/mol. The predicted octanol–water partition coefficient (Wildman–Crippen LogP) is 3.98. The molecule has 0 aliphatic rings. The van der Waals surface area contributed by atoms with E-state index in [1.807, 2.05) is 45.0 Å². The van der Waals surface area contributed by atoms with Crippen molar-refractivity contribution in [2.24, 2.45) is 5.92 Å². The van der Waals surface area contributed by atoms with E-state index in [9.17, 15) is 14.7 Å². The number of methoxy groups -OCH3 is 1. The van der Waals surface area contributed by atoms with Crippen LogP contribution in [-0.2, 0) is 16.1 Å². The number of carboxylic acid groups (broad SMARTS) is 1. The summed E-state index contributed by atoms with van der Waals surface area (Å²) in [5, 5.41) is 15.2. The van der Waals surface area contributed by atoms with Crippen molar-refractivity contribution in [1.29, 1.82) is 0 Å². The molecule has 0 heterocycles. The molecule has 1 atom stereocenters. The van der Waals surface area contributed by atoms with Crippen LogP contribution < -0.4 is 20.1 Å². The minimum absolute atomic E-state index is 0.100. The van der Waals surface area contributed by atoms with Crippen molar-refractivity contribution in [2.75, 3.05) is 19.0 Å². The number of ether oxygens (including phenoxy) is 2. The highest BCUT2D eigenvalue weighted by atomic mass is 79.9. The topological polar surface area (TPSA) is 96.9 Å². The normalized spacial score (nSPS) is 11.8. The van der Waals surface area contributed by atoms with E-state index in [0.717, 1.165) is 10.0 Å². The highest BCUT2D eigenvalue weighted by molar-refractivity contribution is 9.10. The van der Waals surface area contributed by atoms with Crippen LogP contribution in [0.15, 0.2) is 40.9 Å². The van der Waals surface area contributed by atoms with Crippen molar-refractivity contribution in [3.05, 3.63) is 52.0 Å². The fraction of sp³-hybridized carbons (Fsp3) is 0.364. The average Bonchev–Trinajstić information content (AvgIpc) is 2.69. The number of carbonyl (C=O) groups excluding carboxylic acids is 1. The third-order valence-corrected chi connectivity index (χ3v) is 5.24. The van der Waals surface area contributed by atoms with Crippen LogP contribution >= 0.6 is 15.9 Å². The molecule has 8 heteroatoms. The molecule has 0 radical (unpaired) electrons. The minimum Gasteiger partial charge on any atom is -0.493 e. The van der Waals surface area contributed by atoms with Gasteiger partial charge in [0.05, 0.1) is 7.11 Å². The van der Waals surface area contributed by atoms with Gasteiger partial charge in [-0.05, 0) is 37.1 Å². The molecule has 3 N–H and O–H groups in total. The zero-order valence-electron chi connectivity index (χ0n) is 17.5. The van der Waals surface area contributed by atoms with Gasteiger partial charge in [0.25, 0.3) is 5.91 Å². The number of hydrogen-bond donors (Lipinski definition) is 3. The van der Waals surface area contributed by atoms with Gasteiger partial charge in [-0.25, -0.2) is 0 Å². The molecule has 0 fully saturated rings. The Hall–Kier alpha value is -2.58. The molecule has 0 saturated carbocycles. The van der Waals surface area contributed by atoms with Gasteiger partial charge in [-0.1, -0.05) is 47.5 Å². The van der Waals surface area contributed by atoms with Crippen LogP contribution in [0, 0.1) is 12.8 Å². The van der Waals surface area contributed by atoms with Gasteiger partial charge in [0.2, 0.25) is 0 Å². The number of nitrogens with one attached hydrogen (secondary N) is 2. The molecule has 0 aliphatic heterocycles. The molecular weight excluding hydrogens is 452 g/mol. The number of anilines is 1. The summed E-state index contributed by atoms with van der Waals surface area (Å²) in [7, 11) is 1.51. The molecule has 162 valence electrons. The highest BCUT2D eigenvalue weighted by Crippen LogP contribution is 2.36. The van der Waals surface area contributed by atoms with Crippen molar-refractivity contribution in [3.63, 3.8) is 0 Å². The Balaban J connectivity index is 2.15. The van der Waals surface area contributed by atoms with Gasteiger partial charge in [-0.3, -0.25) is 14.9 Å². The van der Waals surface area contributed by atoms with Gasteiger partial charge in [0, 0.05) is 22.3 Å². The summed E-state index contributed by atoms with van der Waals surface area (Å²) in [6, 6.07) is 10.2. The fourth-order valence-electron chi connectivity index (χ4n) is 2.86. The van der Waals surface area contributed by atoms with Crippen LogP contribution in [0.5, 0.6) is 11.5 Å². The van der Waals surface area contributed by atoms with Gasteiger partial charge in [-0.2, -0.15) is 0 Å². The fourth-order valence-corrected chi connectivity index (χ4v) is 3.31. The Kier molecular flexibility index (Phi) is 8.68. The van der Waals surface area contributed by atoms with Gasteiger partial charge >= 0.3 is 5.97 Å². The second-order valence-electron chi connectivity index (χ2n) is 7.20. The number of halogens is 1. The number of aryl methyl sites for hydroxylation is 1. The van der Waals surface area contributed by atoms with Gasteiger partial charge < -0.3 is 19.9 Å². The van der Waals surface area contributed by atoms with E-state index in [1.165, 1.54) is 7.11 Å². The molecule has 2 aromatic rings. The zero-order valence-corrected chi connectivity index (χ0v) is 19.1. The predicted molar refractivity (Wildman–Crippen MR) is 119 cm³/mol. The van der Waals surface area contributed by atoms with Crippen molar-refractivity contribution in [3.8, 4) is 11.5 Å². The number of carboxylic acids is 1. The van der Waals surface area contributed by atoms with E-state index in [-0.39, 0.29) is 25.0 Å². The molecule has 2 rings (SSSR count). The molecule has 30 heavy (non-hydrogen) atoms. The molecule has 0 spiro atoms. The number of carbonyl (C=O) groups is 2. The van der Waals surface area contributed by atoms with E-state index in [1.54, 1.807) is 12.1 Å². The summed E-state index contributed by atoms with van der Waals surface area (Å²) in [5.74, 6) is -0.508. The van der Waals surface area contributed by atoms with E-state index in [0.29, 0.717) is 22.7 Å². The Morgan fingerprint density at radius 3 is 2.37 bits per heavy atom. The van der Waals surface area contributed by atoms with E-state index in [2.05, 4.69) is 26.6 Å². The van der Waals surface area contributed by atoms with E-state index >= 15 is 0 Å². The summed E-state index contributed by atoms with van der Waals surface area (Å²) in [5.41, 5.74) is 2.45. The molecule has 0 saturated heterocycles. The first-order valence-electron chi connectivity index (χ1n) is 9.53. The van der Waals surface area contributed by atoms with Crippen molar-refractivity contribution in [1.82, 2.24) is 5.32 Å². The van der Waals surface area contributed by atoms with Crippen molar-refractivity contribution in [2.45, 2.75) is 33.4 Å². The number of aliphatic carboxylic acids is 1. The maximum Gasteiger partial charge on any atom is 0.320 e. The van der Waals surface area contributed by atoms with E-state index < -0.39 is 12.0 Å². The van der Waals surface area contributed by atoms with E-state index in [4.69, 9.17) is 9.47 Å². The van der Waals surface area contributed by atoms with Crippen LogP contribution in [0.3, 0.4) is 0 Å². The lowest BCUT2D eigenvalue weighted by molar-refractivity contribution is -0.140. The maximum absolute atomic E-state index is 12.3. The highest BCUT2D eigenvalue weighted by Gasteiger charge is 2.23. The lowest BCUT2D eigenvalue weighted by Gasteiger charge is -2.21. The number of hydrogen-bond acceptors (Lipinski definition) is 5. The first-order valence-corrected chi connectivity index (χ1v) is 10.3. The molecule has 0 bridgehead atoms. The van der Waals surface area contributed by atoms with Gasteiger partial charge in [0.15, 0.2) is 18.1 Å². The van der Waals surface area contributed by atoms with Crippen LogP contribution in [0.4, 0.5) is 5.69 Å². The summed E-state index contributed by atoms with van der Waals surface area (Å²) >= 11 is 3.48. The Labute approximate surface area is 184 Å². The molecule has 0 aliphatic carbocycles. The molecule has 2 aromatic carbocycles. The third-order valence-electron chi connectivity index (χ3n) is 4.50. The Bertz CT molecular complexity index is 884. The largest absolute Gasteiger partial charge is 0.493 e. The molecule has 0 aromatic heterocycles. The standard InChI is InChI=1S/C22H27BrN2O5/c1-13(2)20(22(27)28)24-11-16-17(23)9-10-18(29-4)21(16)30-12-19(26)25-15-7-5-14(3)6-8-15/h5-10,13,20,24H,11-12H2,1-4H3,(H,25,26)(H,27,28). The first kappa shape index (κ1) is 23.7. The molecular formula is C22H27BrN2O5. The summed E-state index contributed by atoms with van der Waals surface area (Å²) in [4.78, 5) is 23.8. The quantitative estimate of drug-likeness (QED) is 0.477. The van der Waals surface area contributed by atoms with Crippen LogP contribution in [-0.4, -0.2) is 36.7 Å². The Morgan fingerprint density at radius 2 is 1.80 bits per heavy atom. The maximum atomic E-state index is 12.3. The van der Waals surface area contributed by atoms with Gasteiger partial charge in [0.1, 0.15) is 6.04 Å². The van der Waals surface area contributed by atoms with Crippen LogP contribution in [0.25, 0.3) is 0 Å². The molecule has 1 amide bonds. The van der Waals surface area contributed by atoms with Crippen molar-refractivity contribution >= 4 is 33.5 Å².